The Labute approximate surface area is 220 Å². The molecule has 3 rings (SSSR count). The van der Waals surface area contributed by atoms with Crippen LogP contribution in [0.5, 0.6) is 11.5 Å². The maximum absolute atomic E-state index is 12.7. The Hall–Kier alpha value is -4.44. The minimum atomic E-state index is -0.532. The molecule has 192 valence electrons. The maximum Gasteiger partial charge on any atom is 0.338 e. The Morgan fingerprint density at radius 2 is 1.54 bits per heavy atom. The minimum Gasteiger partial charge on any atom is -0.492 e. The van der Waals surface area contributed by atoms with E-state index in [1.807, 2.05) is 30.3 Å². The van der Waals surface area contributed by atoms with Gasteiger partial charge >= 0.3 is 5.97 Å². The van der Waals surface area contributed by atoms with Crippen molar-refractivity contribution in [2.24, 2.45) is 0 Å². The summed E-state index contributed by atoms with van der Waals surface area (Å²) in [5.41, 5.74) is 6.62. The predicted octanol–water partition coefficient (Wildman–Crippen LogP) is 3.20. The molecule has 3 N–H and O–H groups in total. The van der Waals surface area contributed by atoms with E-state index in [-0.39, 0.29) is 18.3 Å². The number of carbonyl (C=O) groups excluding carboxylic acids is 3. The summed E-state index contributed by atoms with van der Waals surface area (Å²) in [6.45, 7) is 2.08. The van der Waals surface area contributed by atoms with Gasteiger partial charge in [-0.15, -0.1) is 0 Å². The number of thiocarbonyl (C=S) groups is 1. The summed E-state index contributed by atoms with van der Waals surface area (Å²) in [5, 5.41) is 2.40. The van der Waals surface area contributed by atoms with Crippen molar-refractivity contribution in [2.75, 3.05) is 19.8 Å². The number of hydrogen-bond donors (Lipinski definition) is 3. The molecule has 0 aliphatic heterocycles. The van der Waals surface area contributed by atoms with Gasteiger partial charge in [-0.1, -0.05) is 42.5 Å². The van der Waals surface area contributed by atoms with Gasteiger partial charge < -0.3 is 14.2 Å². The number of amides is 2. The Balaban J connectivity index is 1.41. The molecule has 2 amide bonds. The fraction of sp³-hybridized carbons (Fsp3) is 0.185. The van der Waals surface area contributed by atoms with Crippen LogP contribution in [-0.2, 0) is 16.0 Å². The number of benzene rings is 3. The summed E-state index contributed by atoms with van der Waals surface area (Å²) in [5.74, 6) is -0.642. The van der Waals surface area contributed by atoms with Gasteiger partial charge in [-0.05, 0) is 61.1 Å². The number of esters is 1. The molecule has 0 radical (unpaired) electrons. The van der Waals surface area contributed by atoms with Crippen molar-refractivity contribution in [3.63, 3.8) is 0 Å². The molecule has 0 aromatic heterocycles. The standard InChI is InChI=1S/C27H27N3O6S/c1-2-34-26(33)20-12-14-21(15-13-20)36-18-24(31)29-30-27(37)28-25(32)22-10-6-7-11-23(22)35-17-16-19-8-4-3-5-9-19/h3-15H,2,16-18H2,1H3,(H,29,31)(H2,28,30,32,37). The van der Waals surface area contributed by atoms with Crippen LogP contribution in [0.4, 0.5) is 0 Å². The van der Waals surface area contributed by atoms with E-state index in [0.29, 0.717) is 35.7 Å². The van der Waals surface area contributed by atoms with Gasteiger partial charge in [0.2, 0.25) is 0 Å². The summed E-state index contributed by atoms with van der Waals surface area (Å²) in [6, 6.07) is 22.9. The van der Waals surface area contributed by atoms with E-state index in [1.54, 1.807) is 43.3 Å². The van der Waals surface area contributed by atoms with Crippen LogP contribution in [0.25, 0.3) is 0 Å². The van der Waals surface area contributed by atoms with Crippen LogP contribution < -0.4 is 25.6 Å². The van der Waals surface area contributed by atoms with Crippen molar-refractivity contribution in [2.45, 2.75) is 13.3 Å². The largest absolute Gasteiger partial charge is 0.492 e. The molecule has 9 nitrogen and oxygen atoms in total. The van der Waals surface area contributed by atoms with E-state index in [4.69, 9.17) is 26.4 Å². The number of hydrogen-bond acceptors (Lipinski definition) is 7. The Morgan fingerprint density at radius 3 is 2.27 bits per heavy atom. The van der Waals surface area contributed by atoms with Crippen LogP contribution in [-0.4, -0.2) is 42.7 Å². The topological polar surface area (TPSA) is 115 Å². The molecule has 0 aliphatic carbocycles. The summed E-state index contributed by atoms with van der Waals surface area (Å²) in [6.07, 6.45) is 0.695. The van der Waals surface area contributed by atoms with Crippen molar-refractivity contribution in [3.05, 3.63) is 95.6 Å². The van der Waals surface area contributed by atoms with Gasteiger partial charge in [0.1, 0.15) is 11.5 Å². The third-order valence-electron chi connectivity index (χ3n) is 4.90. The number of rotatable bonds is 10. The average molecular weight is 522 g/mol. The first-order valence-corrected chi connectivity index (χ1v) is 11.9. The molecule has 0 saturated heterocycles. The Bertz CT molecular complexity index is 1220. The second-order valence-corrected chi connectivity index (χ2v) is 7.98. The molecular weight excluding hydrogens is 494 g/mol. The molecule has 0 bridgehead atoms. The summed E-state index contributed by atoms with van der Waals surface area (Å²) in [4.78, 5) is 36.4. The van der Waals surface area contributed by atoms with Crippen molar-refractivity contribution >= 4 is 35.1 Å². The van der Waals surface area contributed by atoms with E-state index >= 15 is 0 Å². The molecule has 3 aromatic rings. The molecular formula is C27H27N3O6S. The molecule has 0 saturated carbocycles. The Kier molecular flexibility index (Phi) is 10.4. The van der Waals surface area contributed by atoms with Crippen LogP contribution in [0.15, 0.2) is 78.9 Å². The molecule has 0 spiro atoms. The zero-order valence-electron chi connectivity index (χ0n) is 20.2. The quantitative estimate of drug-likeness (QED) is 0.212. The van der Waals surface area contributed by atoms with Gasteiger partial charge in [0.25, 0.3) is 11.8 Å². The van der Waals surface area contributed by atoms with Crippen LogP contribution in [0.1, 0.15) is 33.2 Å². The van der Waals surface area contributed by atoms with E-state index in [9.17, 15) is 14.4 Å². The van der Waals surface area contributed by atoms with Crippen LogP contribution >= 0.6 is 12.2 Å². The van der Waals surface area contributed by atoms with Crippen LogP contribution in [0, 0.1) is 0 Å². The number of nitrogens with one attached hydrogen (secondary N) is 3. The number of hydrazine groups is 1. The second-order valence-electron chi connectivity index (χ2n) is 7.57. The lowest BCUT2D eigenvalue weighted by atomic mass is 10.1. The van der Waals surface area contributed by atoms with Crippen LogP contribution in [0.2, 0.25) is 0 Å². The molecule has 0 aliphatic rings. The van der Waals surface area contributed by atoms with E-state index in [2.05, 4.69) is 16.2 Å². The van der Waals surface area contributed by atoms with Crippen molar-refractivity contribution in [3.8, 4) is 11.5 Å². The van der Waals surface area contributed by atoms with Gasteiger partial charge in [-0.2, -0.15) is 0 Å². The van der Waals surface area contributed by atoms with E-state index in [1.165, 1.54) is 12.1 Å². The minimum absolute atomic E-state index is 0.101. The van der Waals surface area contributed by atoms with E-state index in [0.717, 1.165) is 5.56 Å². The zero-order chi connectivity index (χ0) is 26.5. The molecule has 0 heterocycles. The lowest BCUT2D eigenvalue weighted by Gasteiger charge is -2.14. The highest BCUT2D eigenvalue weighted by molar-refractivity contribution is 7.80. The summed E-state index contributed by atoms with van der Waals surface area (Å²) < 4.78 is 16.1. The van der Waals surface area contributed by atoms with Gasteiger partial charge in [0, 0.05) is 6.42 Å². The fourth-order valence-electron chi connectivity index (χ4n) is 3.12. The molecule has 0 unspecified atom stereocenters. The zero-order valence-corrected chi connectivity index (χ0v) is 21.0. The first-order valence-electron chi connectivity index (χ1n) is 11.5. The molecule has 37 heavy (non-hydrogen) atoms. The van der Waals surface area contributed by atoms with E-state index < -0.39 is 17.8 Å². The fourth-order valence-corrected chi connectivity index (χ4v) is 3.26. The highest BCUT2D eigenvalue weighted by atomic mass is 32.1. The number of para-hydroxylation sites is 1. The van der Waals surface area contributed by atoms with Crippen molar-refractivity contribution in [1.29, 1.82) is 0 Å². The van der Waals surface area contributed by atoms with Gasteiger partial charge in [-0.3, -0.25) is 25.8 Å². The summed E-state index contributed by atoms with van der Waals surface area (Å²) >= 11 is 5.10. The molecule has 0 fully saturated rings. The average Bonchev–Trinajstić information content (AvgIpc) is 2.92. The highest BCUT2D eigenvalue weighted by Gasteiger charge is 2.14. The third kappa shape index (κ3) is 8.93. The maximum atomic E-state index is 12.7. The lowest BCUT2D eigenvalue weighted by Crippen LogP contribution is -2.49. The first kappa shape index (κ1) is 27.2. The summed E-state index contributed by atoms with van der Waals surface area (Å²) in [7, 11) is 0. The van der Waals surface area contributed by atoms with Crippen LogP contribution in [0.3, 0.4) is 0 Å². The first-order chi connectivity index (χ1) is 18.0. The van der Waals surface area contributed by atoms with Crippen molar-refractivity contribution in [1.82, 2.24) is 16.2 Å². The SMILES string of the molecule is CCOC(=O)c1ccc(OCC(=O)NNC(=S)NC(=O)c2ccccc2OCCc2ccccc2)cc1. The normalized spacial score (nSPS) is 10.1. The number of carbonyl (C=O) groups is 3. The molecule has 10 heteroatoms. The molecule has 0 atom stereocenters. The second kappa shape index (κ2) is 14.2. The Morgan fingerprint density at radius 1 is 0.838 bits per heavy atom. The predicted molar refractivity (Wildman–Crippen MR) is 141 cm³/mol. The smallest absolute Gasteiger partial charge is 0.338 e. The third-order valence-corrected chi connectivity index (χ3v) is 5.10. The highest BCUT2D eigenvalue weighted by Crippen LogP contribution is 2.18. The lowest BCUT2D eigenvalue weighted by molar-refractivity contribution is -0.123. The van der Waals surface area contributed by atoms with Crippen molar-refractivity contribution < 1.29 is 28.6 Å². The number of ether oxygens (including phenoxy) is 3. The van der Waals surface area contributed by atoms with Gasteiger partial charge in [-0.25, -0.2) is 4.79 Å². The van der Waals surface area contributed by atoms with Gasteiger partial charge in [0.15, 0.2) is 11.7 Å². The molecule has 3 aromatic carbocycles. The monoisotopic (exact) mass is 521 g/mol. The van der Waals surface area contributed by atoms with Gasteiger partial charge in [0.05, 0.1) is 24.3 Å².